The number of amides is 1. The van der Waals surface area contributed by atoms with Gasteiger partial charge in [-0.3, -0.25) is 4.79 Å². The lowest BCUT2D eigenvalue weighted by molar-refractivity contribution is 0.0765. The minimum atomic E-state index is -0.244. The molecule has 1 aromatic rings. The number of benzene rings is 1. The third-order valence-corrected chi connectivity index (χ3v) is 3.47. The smallest absolute Gasteiger partial charge is 0.254 e. The maximum atomic E-state index is 12.1. The number of nitrogens with zero attached hydrogens (tertiary/aromatic N) is 2. The molecule has 1 heterocycles. The van der Waals surface area contributed by atoms with Crippen LogP contribution in [0.4, 0.5) is 0 Å². The van der Waals surface area contributed by atoms with Crippen LogP contribution in [-0.2, 0) is 0 Å². The third-order valence-electron chi connectivity index (χ3n) is 2.75. The van der Waals surface area contributed by atoms with Crippen molar-refractivity contribution in [1.82, 2.24) is 4.90 Å². The summed E-state index contributed by atoms with van der Waals surface area (Å²) in [6.45, 7) is 0.697. The Hall–Kier alpha value is -1.09. The van der Waals surface area contributed by atoms with E-state index in [1.165, 1.54) is 0 Å². The zero-order valence-electron chi connectivity index (χ0n) is 8.69. The summed E-state index contributed by atoms with van der Waals surface area (Å²) >= 11 is 2.20. The quantitative estimate of drug-likeness (QED) is 0.744. The van der Waals surface area contributed by atoms with Gasteiger partial charge in [0.25, 0.3) is 5.91 Å². The second-order valence-corrected chi connectivity index (χ2v) is 5.04. The summed E-state index contributed by atoms with van der Waals surface area (Å²) in [6, 6.07) is 9.38. The van der Waals surface area contributed by atoms with Crippen molar-refractivity contribution in [1.29, 1.82) is 5.26 Å². The fraction of sp³-hybridized carbons (Fsp3) is 0.333. The molecule has 3 nitrogen and oxygen atoms in total. The third kappa shape index (κ3) is 2.19. The molecule has 0 bridgehead atoms. The molecule has 1 aliphatic heterocycles. The van der Waals surface area contributed by atoms with E-state index in [0.29, 0.717) is 12.1 Å². The number of rotatable bonds is 1. The number of carbonyl (C=O) groups is 1. The molecule has 1 aliphatic rings. The number of halogens is 1. The van der Waals surface area contributed by atoms with Gasteiger partial charge in [0, 0.05) is 15.7 Å². The molecule has 0 spiro atoms. The van der Waals surface area contributed by atoms with Gasteiger partial charge >= 0.3 is 0 Å². The number of nitriles is 1. The maximum absolute atomic E-state index is 12.1. The zero-order valence-corrected chi connectivity index (χ0v) is 10.8. The fourth-order valence-corrected chi connectivity index (χ4v) is 2.26. The van der Waals surface area contributed by atoms with Crippen LogP contribution in [0.15, 0.2) is 24.3 Å². The highest BCUT2D eigenvalue weighted by Crippen LogP contribution is 2.19. The van der Waals surface area contributed by atoms with Crippen LogP contribution in [0.2, 0.25) is 0 Å². The number of hydrogen-bond donors (Lipinski definition) is 0. The molecule has 4 heteroatoms. The van der Waals surface area contributed by atoms with Crippen molar-refractivity contribution in [3.05, 3.63) is 33.4 Å². The van der Waals surface area contributed by atoms with Crippen molar-refractivity contribution < 1.29 is 4.79 Å². The van der Waals surface area contributed by atoms with Gasteiger partial charge in [-0.05, 0) is 59.7 Å². The Morgan fingerprint density at radius 2 is 2.12 bits per heavy atom. The highest BCUT2D eigenvalue weighted by molar-refractivity contribution is 14.1. The van der Waals surface area contributed by atoms with Gasteiger partial charge in [0.15, 0.2) is 0 Å². The predicted molar refractivity (Wildman–Crippen MR) is 68.8 cm³/mol. The van der Waals surface area contributed by atoms with E-state index in [4.69, 9.17) is 5.26 Å². The Labute approximate surface area is 108 Å². The highest BCUT2D eigenvalue weighted by Gasteiger charge is 2.28. The largest absolute Gasteiger partial charge is 0.323 e. The summed E-state index contributed by atoms with van der Waals surface area (Å²) in [5.74, 6) is -0.0274. The van der Waals surface area contributed by atoms with Gasteiger partial charge in [0.1, 0.15) is 6.04 Å². The van der Waals surface area contributed by atoms with Crippen LogP contribution in [0, 0.1) is 14.9 Å². The van der Waals surface area contributed by atoms with E-state index in [0.717, 1.165) is 16.4 Å². The second kappa shape index (κ2) is 4.83. The van der Waals surface area contributed by atoms with Crippen molar-refractivity contribution in [3.63, 3.8) is 0 Å². The summed E-state index contributed by atoms with van der Waals surface area (Å²) in [5.41, 5.74) is 0.669. The lowest BCUT2D eigenvalue weighted by atomic mass is 10.2. The Balaban J connectivity index is 2.19. The van der Waals surface area contributed by atoms with Gasteiger partial charge in [-0.25, -0.2) is 0 Å². The lowest BCUT2D eigenvalue weighted by Gasteiger charge is -2.19. The Morgan fingerprint density at radius 1 is 1.44 bits per heavy atom. The summed E-state index contributed by atoms with van der Waals surface area (Å²) in [4.78, 5) is 13.8. The van der Waals surface area contributed by atoms with Crippen LogP contribution in [0.1, 0.15) is 23.2 Å². The molecule has 1 unspecified atom stereocenters. The molecule has 0 N–H and O–H groups in total. The molecule has 1 fully saturated rings. The topological polar surface area (TPSA) is 44.1 Å². The van der Waals surface area contributed by atoms with E-state index in [1.807, 2.05) is 24.3 Å². The van der Waals surface area contributed by atoms with Crippen molar-refractivity contribution in [2.24, 2.45) is 0 Å². The van der Waals surface area contributed by atoms with Gasteiger partial charge < -0.3 is 4.90 Å². The van der Waals surface area contributed by atoms with E-state index < -0.39 is 0 Å². The first-order valence-corrected chi connectivity index (χ1v) is 6.26. The minimum absolute atomic E-state index is 0.0274. The Kier molecular flexibility index (Phi) is 3.44. The molecule has 1 atom stereocenters. The van der Waals surface area contributed by atoms with E-state index in [2.05, 4.69) is 28.7 Å². The molecule has 16 heavy (non-hydrogen) atoms. The molecular weight excluding hydrogens is 315 g/mol. The molecule has 0 aromatic heterocycles. The molecule has 1 amide bonds. The number of carbonyl (C=O) groups excluding carboxylic acids is 1. The number of likely N-dealkylation sites (tertiary alicyclic amines) is 1. The summed E-state index contributed by atoms with van der Waals surface area (Å²) in [5, 5.41) is 8.93. The van der Waals surface area contributed by atoms with E-state index in [9.17, 15) is 4.79 Å². The predicted octanol–water partition coefficient (Wildman–Crippen LogP) is 2.42. The summed E-state index contributed by atoms with van der Waals surface area (Å²) in [6.07, 6.45) is 1.72. The molecule has 2 rings (SSSR count). The van der Waals surface area contributed by atoms with Crippen LogP contribution >= 0.6 is 22.6 Å². The second-order valence-electron chi connectivity index (χ2n) is 3.79. The maximum Gasteiger partial charge on any atom is 0.254 e. The standard InChI is InChI=1S/C12H11IN2O/c13-10-5-3-9(4-6-10)12(16)15-7-1-2-11(15)8-14/h3-6,11H,1-2,7H2. The summed E-state index contributed by atoms with van der Waals surface area (Å²) in [7, 11) is 0. The first kappa shape index (κ1) is 11.4. The minimum Gasteiger partial charge on any atom is -0.323 e. The average molecular weight is 326 g/mol. The Morgan fingerprint density at radius 3 is 2.75 bits per heavy atom. The van der Waals surface area contributed by atoms with Crippen molar-refractivity contribution >= 4 is 28.5 Å². The van der Waals surface area contributed by atoms with Crippen molar-refractivity contribution in [3.8, 4) is 6.07 Å². The van der Waals surface area contributed by atoms with Gasteiger partial charge in [-0.2, -0.15) is 5.26 Å². The van der Waals surface area contributed by atoms with Gasteiger partial charge in [-0.1, -0.05) is 0 Å². The molecule has 0 aliphatic carbocycles. The molecule has 82 valence electrons. The SMILES string of the molecule is N#CC1CCCN1C(=O)c1ccc(I)cc1. The molecule has 0 saturated carbocycles. The van der Waals surface area contributed by atoms with Crippen LogP contribution in [0.5, 0.6) is 0 Å². The van der Waals surface area contributed by atoms with Gasteiger partial charge in [-0.15, -0.1) is 0 Å². The van der Waals surface area contributed by atoms with Crippen LogP contribution < -0.4 is 0 Å². The Bertz CT molecular complexity index is 435. The molecular formula is C12H11IN2O. The van der Waals surface area contributed by atoms with E-state index >= 15 is 0 Å². The van der Waals surface area contributed by atoms with E-state index in [-0.39, 0.29) is 11.9 Å². The van der Waals surface area contributed by atoms with Crippen LogP contribution in [-0.4, -0.2) is 23.4 Å². The first-order valence-electron chi connectivity index (χ1n) is 5.18. The molecule has 1 saturated heterocycles. The van der Waals surface area contributed by atoms with E-state index in [1.54, 1.807) is 4.90 Å². The zero-order chi connectivity index (χ0) is 11.5. The first-order chi connectivity index (χ1) is 7.72. The van der Waals surface area contributed by atoms with Gasteiger partial charge in [0.05, 0.1) is 6.07 Å². The highest BCUT2D eigenvalue weighted by atomic mass is 127. The molecule has 0 radical (unpaired) electrons. The molecule has 1 aromatic carbocycles. The van der Waals surface area contributed by atoms with Crippen LogP contribution in [0.25, 0.3) is 0 Å². The van der Waals surface area contributed by atoms with Crippen molar-refractivity contribution in [2.45, 2.75) is 18.9 Å². The normalized spacial score (nSPS) is 19.5. The fourth-order valence-electron chi connectivity index (χ4n) is 1.90. The van der Waals surface area contributed by atoms with Crippen LogP contribution in [0.3, 0.4) is 0 Å². The average Bonchev–Trinajstić information content (AvgIpc) is 2.77. The summed E-state index contributed by atoms with van der Waals surface area (Å²) < 4.78 is 1.10. The number of hydrogen-bond acceptors (Lipinski definition) is 2. The van der Waals surface area contributed by atoms with Crippen molar-refractivity contribution in [2.75, 3.05) is 6.54 Å². The van der Waals surface area contributed by atoms with Gasteiger partial charge in [0.2, 0.25) is 0 Å². The monoisotopic (exact) mass is 326 g/mol. The lowest BCUT2D eigenvalue weighted by Crippen LogP contribution is -2.34.